The molecule has 0 aliphatic rings. The summed E-state index contributed by atoms with van der Waals surface area (Å²) in [7, 11) is 0. The van der Waals surface area contributed by atoms with Gasteiger partial charge in [-0.15, -0.1) is 0 Å². The Labute approximate surface area is 116 Å². The van der Waals surface area contributed by atoms with Crippen molar-refractivity contribution in [2.45, 2.75) is 19.8 Å². The summed E-state index contributed by atoms with van der Waals surface area (Å²) in [4.78, 5) is 4.05. The van der Waals surface area contributed by atoms with Crippen LogP contribution in [0.15, 0.2) is 6.07 Å². The molecule has 0 saturated carbocycles. The second-order valence-corrected chi connectivity index (χ2v) is 5.12. The molecule has 1 rings (SSSR count). The Morgan fingerprint density at radius 2 is 2.06 bits per heavy atom. The standard InChI is InChI=1S/C11H15Cl3N2O/c1-7(6-17)3-2-4-15-11-9(13)5-8(12)10(14)16-11/h5,7,17H,2-4,6H2,1H3,(H,15,16). The van der Waals surface area contributed by atoms with Crippen LogP contribution in [-0.2, 0) is 0 Å². The zero-order valence-corrected chi connectivity index (χ0v) is 11.8. The van der Waals surface area contributed by atoms with Gasteiger partial charge in [-0.3, -0.25) is 0 Å². The number of anilines is 1. The Morgan fingerprint density at radius 3 is 2.71 bits per heavy atom. The molecule has 96 valence electrons. The average Bonchev–Trinajstić information content (AvgIpc) is 2.30. The Morgan fingerprint density at radius 1 is 1.35 bits per heavy atom. The van der Waals surface area contributed by atoms with Crippen LogP contribution in [0, 0.1) is 5.92 Å². The Balaban J connectivity index is 2.44. The van der Waals surface area contributed by atoms with Gasteiger partial charge in [-0.2, -0.15) is 0 Å². The zero-order chi connectivity index (χ0) is 12.8. The van der Waals surface area contributed by atoms with E-state index in [1.165, 1.54) is 0 Å². The van der Waals surface area contributed by atoms with Crippen LogP contribution < -0.4 is 5.32 Å². The Bertz CT molecular complexity index is 374. The van der Waals surface area contributed by atoms with E-state index in [1.54, 1.807) is 6.07 Å². The van der Waals surface area contributed by atoms with Gasteiger partial charge in [-0.05, 0) is 24.8 Å². The molecule has 1 aromatic rings. The lowest BCUT2D eigenvalue weighted by atomic mass is 10.1. The average molecular weight is 298 g/mol. The van der Waals surface area contributed by atoms with E-state index in [1.807, 2.05) is 6.92 Å². The monoisotopic (exact) mass is 296 g/mol. The fraction of sp³-hybridized carbons (Fsp3) is 0.545. The molecule has 0 aliphatic heterocycles. The highest BCUT2D eigenvalue weighted by molar-refractivity contribution is 6.42. The van der Waals surface area contributed by atoms with Crippen molar-refractivity contribution in [3.05, 3.63) is 21.3 Å². The summed E-state index contributed by atoms with van der Waals surface area (Å²) >= 11 is 17.5. The second-order valence-electron chi connectivity index (χ2n) is 3.95. The van der Waals surface area contributed by atoms with E-state index in [-0.39, 0.29) is 11.8 Å². The molecule has 0 radical (unpaired) electrons. The predicted molar refractivity (Wildman–Crippen MR) is 73.2 cm³/mol. The van der Waals surface area contributed by atoms with Crippen LogP contribution in [-0.4, -0.2) is 23.2 Å². The fourth-order valence-corrected chi connectivity index (χ4v) is 1.88. The maximum Gasteiger partial charge on any atom is 0.150 e. The molecular formula is C11H15Cl3N2O. The number of aliphatic hydroxyl groups is 1. The zero-order valence-electron chi connectivity index (χ0n) is 9.51. The summed E-state index contributed by atoms with van der Waals surface area (Å²) < 4.78 is 0. The van der Waals surface area contributed by atoms with Gasteiger partial charge in [0.1, 0.15) is 11.0 Å². The molecule has 6 heteroatoms. The minimum Gasteiger partial charge on any atom is -0.396 e. The third-order valence-electron chi connectivity index (χ3n) is 2.36. The van der Waals surface area contributed by atoms with Crippen LogP contribution in [0.1, 0.15) is 19.8 Å². The van der Waals surface area contributed by atoms with Gasteiger partial charge < -0.3 is 10.4 Å². The molecule has 17 heavy (non-hydrogen) atoms. The number of pyridine rings is 1. The number of nitrogens with one attached hydrogen (secondary N) is 1. The molecule has 1 unspecified atom stereocenters. The van der Waals surface area contributed by atoms with Crippen molar-refractivity contribution in [2.24, 2.45) is 5.92 Å². The molecule has 0 amide bonds. The first-order valence-corrected chi connectivity index (χ1v) is 6.54. The normalized spacial score (nSPS) is 12.5. The summed E-state index contributed by atoms with van der Waals surface area (Å²) in [5.74, 6) is 0.853. The van der Waals surface area contributed by atoms with Crippen molar-refractivity contribution in [1.82, 2.24) is 4.98 Å². The Hall–Kier alpha value is -0.220. The SMILES string of the molecule is CC(CO)CCCNc1nc(Cl)c(Cl)cc1Cl. The van der Waals surface area contributed by atoms with Crippen LogP contribution >= 0.6 is 34.8 Å². The third-order valence-corrected chi connectivity index (χ3v) is 3.33. The topological polar surface area (TPSA) is 45.1 Å². The number of hydrogen-bond donors (Lipinski definition) is 2. The van der Waals surface area contributed by atoms with Crippen LogP contribution in [0.25, 0.3) is 0 Å². The summed E-state index contributed by atoms with van der Waals surface area (Å²) in [6.45, 7) is 2.95. The maximum absolute atomic E-state index is 8.88. The van der Waals surface area contributed by atoms with Crippen LogP contribution in [0.5, 0.6) is 0 Å². The van der Waals surface area contributed by atoms with Gasteiger partial charge in [-0.1, -0.05) is 41.7 Å². The lowest BCUT2D eigenvalue weighted by Crippen LogP contribution is -2.07. The molecule has 3 nitrogen and oxygen atoms in total. The molecule has 1 atom stereocenters. The number of aromatic nitrogens is 1. The van der Waals surface area contributed by atoms with Gasteiger partial charge in [0.05, 0.1) is 10.0 Å². The van der Waals surface area contributed by atoms with Gasteiger partial charge in [-0.25, -0.2) is 4.98 Å². The van der Waals surface area contributed by atoms with Crippen molar-refractivity contribution < 1.29 is 5.11 Å². The summed E-state index contributed by atoms with van der Waals surface area (Å²) in [5, 5.41) is 13.0. The van der Waals surface area contributed by atoms with E-state index in [4.69, 9.17) is 39.9 Å². The Kier molecular flexibility index (Phi) is 6.34. The molecule has 0 spiro atoms. The predicted octanol–water partition coefficient (Wildman–Crippen LogP) is 3.86. The number of halogens is 3. The van der Waals surface area contributed by atoms with E-state index in [0.29, 0.717) is 21.8 Å². The number of hydrogen-bond acceptors (Lipinski definition) is 3. The van der Waals surface area contributed by atoms with Gasteiger partial charge in [0.15, 0.2) is 0 Å². The molecule has 2 N–H and O–H groups in total. The van der Waals surface area contributed by atoms with Crippen molar-refractivity contribution in [2.75, 3.05) is 18.5 Å². The van der Waals surface area contributed by atoms with Crippen molar-refractivity contribution >= 4 is 40.6 Å². The first-order chi connectivity index (χ1) is 8.04. The van der Waals surface area contributed by atoms with E-state index >= 15 is 0 Å². The van der Waals surface area contributed by atoms with E-state index < -0.39 is 0 Å². The molecule has 0 fully saturated rings. The largest absolute Gasteiger partial charge is 0.396 e. The second kappa shape index (κ2) is 7.27. The minimum absolute atomic E-state index is 0.214. The molecule has 0 aliphatic carbocycles. The number of nitrogens with zero attached hydrogens (tertiary/aromatic N) is 1. The third kappa shape index (κ3) is 4.88. The summed E-state index contributed by atoms with van der Waals surface area (Å²) in [5.41, 5.74) is 0. The quantitative estimate of drug-likeness (QED) is 0.619. The lowest BCUT2D eigenvalue weighted by molar-refractivity contribution is 0.229. The van der Waals surface area contributed by atoms with Gasteiger partial charge in [0.2, 0.25) is 0 Å². The molecule has 1 heterocycles. The van der Waals surface area contributed by atoms with E-state index in [9.17, 15) is 0 Å². The maximum atomic E-state index is 8.88. The van der Waals surface area contributed by atoms with Crippen molar-refractivity contribution in [1.29, 1.82) is 0 Å². The summed E-state index contributed by atoms with van der Waals surface area (Å²) in [6, 6.07) is 1.57. The fourth-order valence-electron chi connectivity index (χ4n) is 1.32. The van der Waals surface area contributed by atoms with Crippen LogP contribution in [0.4, 0.5) is 5.82 Å². The van der Waals surface area contributed by atoms with E-state index in [2.05, 4.69) is 10.3 Å². The first kappa shape index (κ1) is 14.8. The van der Waals surface area contributed by atoms with Crippen molar-refractivity contribution in [3.8, 4) is 0 Å². The highest BCUT2D eigenvalue weighted by Gasteiger charge is 2.07. The van der Waals surface area contributed by atoms with Crippen molar-refractivity contribution in [3.63, 3.8) is 0 Å². The highest BCUT2D eigenvalue weighted by Crippen LogP contribution is 2.28. The molecular weight excluding hydrogens is 282 g/mol. The van der Waals surface area contributed by atoms with Crippen LogP contribution in [0.2, 0.25) is 15.2 Å². The minimum atomic E-state index is 0.214. The van der Waals surface area contributed by atoms with Gasteiger partial charge in [0.25, 0.3) is 0 Å². The molecule has 0 saturated heterocycles. The molecule has 1 aromatic heterocycles. The number of rotatable bonds is 6. The summed E-state index contributed by atoms with van der Waals surface area (Å²) in [6.07, 6.45) is 1.88. The van der Waals surface area contributed by atoms with Gasteiger partial charge >= 0.3 is 0 Å². The molecule has 0 aromatic carbocycles. The smallest absolute Gasteiger partial charge is 0.150 e. The first-order valence-electron chi connectivity index (χ1n) is 5.41. The number of aliphatic hydroxyl groups excluding tert-OH is 1. The molecule has 0 bridgehead atoms. The lowest BCUT2D eigenvalue weighted by Gasteiger charge is -2.10. The highest BCUT2D eigenvalue weighted by atomic mass is 35.5. The van der Waals surface area contributed by atoms with Gasteiger partial charge in [0, 0.05) is 13.2 Å². The van der Waals surface area contributed by atoms with E-state index in [0.717, 1.165) is 19.4 Å². The van der Waals surface area contributed by atoms with Crippen LogP contribution in [0.3, 0.4) is 0 Å².